The highest BCUT2D eigenvalue weighted by molar-refractivity contribution is 5.92. The fourth-order valence-corrected chi connectivity index (χ4v) is 9.32. The lowest BCUT2D eigenvalue weighted by Gasteiger charge is -2.43. The predicted octanol–water partition coefficient (Wildman–Crippen LogP) is 0.787. The summed E-state index contributed by atoms with van der Waals surface area (Å²) in [6.45, 7) is 13.4. The van der Waals surface area contributed by atoms with E-state index in [2.05, 4.69) is 134 Å². The lowest BCUT2D eigenvalue weighted by Crippen LogP contribution is -3.07. The summed E-state index contributed by atoms with van der Waals surface area (Å²) in [5.41, 5.74) is 11.7. The molecule has 0 aliphatic carbocycles. The van der Waals surface area contributed by atoms with E-state index in [0.717, 1.165) is 18.7 Å². The Morgan fingerprint density at radius 2 is 1.62 bits per heavy atom. The number of carbonyl (C=O) groups excluding carboxylic acids is 5. The average Bonchev–Trinajstić information content (AvgIpc) is 3.60. The van der Waals surface area contributed by atoms with Gasteiger partial charge in [-0.05, 0) is 76.8 Å². The molecule has 3 aliphatic rings. The van der Waals surface area contributed by atoms with E-state index < -0.39 is 79.1 Å². The quantitative estimate of drug-likeness (QED) is 0.0664. The monoisotopic (exact) mass is 917 g/mol. The standard InChI is InChI=1S/C49H69N7O10/c1-29(52-46(63)30(2)65-43-41(53-31(3)58)47(64)66-37(28-57)42(43)60)45(62)54-34(44(50)61)24-25-40(59)51-26-16-17-27-56-36-21-15-13-19-33(36)49(6,7)39(56)23-11-9-10-22-38-48(4,5)32-18-12-14-20-35(32)55(38)8/h9-15,18-23,29-30,34,37-38,41-43,47,57,60,64H,16-17,24-28H2,1-8H3,(H2,50,61)(H,51,59)(H,52,63)(H,53,58)(H,54,62)/p+1/b11-9+,22-10+,39-23+/t29-,30+,34+,37+,38?,41+,42+,43+,47+/m0/s1. The van der Waals surface area contributed by atoms with Crippen LogP contribution in [0.25, 0.3) is 0 Å². The van der Waals surface area contributed by atoms with Crippen LogP contribution in [-0.2, 0) is 44.3 Å². The number of ether oxygens (including phenoxy) is 2. The average molecular weight is 917 g/mol. The molecule has 0 spiro atoms. The van der Waals surface area contributed by atoms with E-state index in [1.165, 1.54) is 48.2 Å². The molecule has 66 heavy (non-hydrogen) atoms. The van der Waals surface area contributed by atoms with Gasteiger partial charge in [0.2, 0.25) is 29.5 Å². The third kappa shape index (κ3) is 11.9. The number of unbranched alkanes of at least 4 members (excludes halogenated alkanes) is 1. The van der Waals surface area contributed by atoms with Crippen molar-refractivity contribution in [2.75, 3.05) is 31.6 Å². The Morgan fingerprint density at radius 1 is 0.939 bits per heavy atom. The number of para-hydroxylation sites is 2. The molecule has 3 aliphatic heterocycles. The van der Waals surface area contributed by atoms with E-state index in [1.54, 1.807) is 0 Å². The molecular formula is C49H70N7O10+. The Balaban J connectivity index is 1.08. The van der Waals surface area contributed by atoms with Gasteiger partial charge in [0, 0.05) is 48.8 Å². The van der Waals surface area contributed by atoms with Crippen LogP contribution in [0.15, 0.2) is 84.6 Å². The van der Waals surface area contributed by atoms with Gasteiger partial charge in [-0.25, -0.2) is 0 Å². The summed E-state index contributed by atoms with van der Waals surface area (Å²) in [5, 5.41) is 40.9. The molecule has 1 saturated heterocycles. The molecule has 0 aromatic heterocycles. The maximum atomic E-state index is 13.0. The van der Waals surface area contributed by atoms with Crippen LogP contribution in [0.3, 0.4) is 0 Å². The second-order valence-electron chi connectivity index (χ2n) is 18.5. The maximum Gasteiger partial charge on any atom is 0.249 e. The molecule has 2 unspecified atom stereocenters. The Labute approximate surface area is 387 Å². The van der Waals surface area contributed by atoms with Crippen molar-refractivity contribution in [3.63, 3.8) is 0 Å². The molecule has 10 N–H and O–H groups in total. The molecule has 1 fully saturated rings. The first kappa shape index (κ1) is 51.6. The van der Waals surface area contributed by atoms with Crippen molar-refractivity contribution < 1.29 is 53.7 Å². The Morgan fingerprint density at radius 3 is 2.29 bits per heavy atom. The van der Waals surface area contributed by atoms with Crippen LogP contribution in [0.2, 0.25) is 0 Å². The highest BCUT2D eigenvalue weighted by atomic mass is 16.6. The number of hydrogen-bond acceptors (Lipinski definition) is 11. The molecule has 0 radical (unpaired) electrons. The second-order valence-corrected chi connectivity index (χ2v) is 18.5. The van der Waals surface area contributed by atoms with Crippen molar-refractivity contribution in [3.8, 4) is 0 Å². The zero-order valence-corrected chi connectivity index (χ0v) is 39.4. The molecule has 0 saturated carbocycles. The summed E-state index contributed by atoms with van der Waals surface area (Å²) in [4.78, 5) is 66.7. The lowest BCUT2D eigenvalue weighted by molar-refractivity contribution is -0.828. The predicted molar refractivity (Wildman–Crippen MR) is 249 cm³/mol. The van der Waals surface area contributed by atoms with Crippen LogP contribution in [0, 0.1) is 0 Å². The minimum atomic E-state index is -1.66. The van der Waals surface area contributed by atoms with E-state index >= 15 is 0 Å². The Bertz CT molecular complexity index is 2160. The number of hydrogen-bond donors (Lipinski definition) is 9. The van der Waals surface area contributed by atoms with Gasteiger partial charge < -0.3 is 56.7 Å². The number of nitrogens with one attached hydrogen (secondary N) is 5. The molecule has 3 heterocycles. The van der Waals surface area contributed by atoms with E-state index in [1.807, 2.05) is 6.07 Å². The summed E-state index contributed by atoms with van der Waals surface area (Å²) in [6, 6.07) is 13.7. The van der Waals surface area contributed by atoms with Crippen molar-refractivity contribution in [1.29, 1.82) is 0 Å². The zero-order valence-electron chi connectivity index (χ0n) is 39.4. The van der Waals surface area contributed by atoms with Crippen molar-refractivity contribution in [1.82, 2.24) is 21.3 Å². The summed E-state index contributed by atoms with van der Waals surface area (Å²) in [6.07, 6.45) is 5.06. The summed E-state index contributed by atoms with van der Waals surface area (Å²) in [5.74, 6) is -3.29. The SMILES string of the molecule is CC(=O)N[C@@H]1[C@@H](O[C@H](C)C(=O)N[C@@H](C)C(=O)N[C@H](CCC(=O)NCCCCN2/C(=C/C=C/C=C/C3[NH+](C)c4ccccc4C3(C)C)C(C)(C)c3ccccc32)C(N)=O)[C@H](O)[C@@H](CO)O[C@H]1O. The molecule has 17 heteroatoms. The number of aliphatic hydroxyl groups excluding tert-OH is 3. The number of primary amides is 1. The summed E-state index contributed by atoms with van der Waals surface area (Å²) >= 11 is 0. The second kappa shape index (κ2) is 22.4. The smallest absolute Gasteiger partial charge is 0.249 e. The van der Waals surface area contributed by atoms with Crippen molar-refractivity contribution in [2.45, 2.75) is 140 Å². The number of nitrogens with two attached hydrogens (primary N) is 1. The number of benzene rings is 2. The number of rotatable bonds is 20. The first-order valence-electron chi connectivity index (χ1n) is 22.8. The number of allylic oxidation sites excluding steroid dienone is 5. The fourth-order valence-electron chi connectivity index (χ4n) is 9.32. The Kier molecular flexibility index (Phi) is 17.5. The minimum absolute atomic E-state index is 0.0148. The van der Waals surface area contributed by atoms with Gasteiger partial charge in [0.15, 0.2) is 6.29 Å². The Hall–Kier alpha value is -5.43. The van der Waals surface area contributed by atoms with E-state index in [4.69, 9.17) is 15.2 Å². The highest BCUT2D eigenvalue weighted by Gasteiger charge is 2.48. The number of fused-ring (bicyclic) bond motifs is 2. The molecule has 0 bridgehead atoms. The first-order chi connectivity index (χ1) is 31.2. The van der Waals surface area contributed by atoms with Gasteiger partial charge in [-0.2, -0.15) is 0 Å². The molecule has 17 nitrogen and oxygen atoms in total. The van der Waals surface area contributed by atoms with Crippen LogP contribution in [-0.4, -0.2) is 126 Å². The third-order valence-corrected chi connectivity index (χ3v) is 13.0. The number of aliphatic hydroxyl groups is 3. The molecule has 10 atom stereocenters. The fraction of sp³-hybridized carbons (Fsp3) is 0.531. The number of anilines is 1. The van der Waals surface area contributed by atoms with Gasteiger partial charge >= 0.3 is 0 Å². The zero-order chi connectivity index (χ0) is 48.5. The molecule has 5 amide bonds. The molecule has 2 aromatic rings. The van der Waals surface area contributed by atoms with Crippen LogP contribution in [0.4, 0.5) is 11.4 Å². The molecule has 5 rings (SSSR count). The third-order valence-electron chi connectivity index (χ3n) is 13.0. The normalized spacial score (nSPS) is 26.1. The molecule has 360 valence electrons. The van der Waals surface area contributed by atoms with Gasteiger partial charge in [-0.3, -0.25) is 28.9 Å². The first-order valence-corrected chi connectivity index (χ1v) is 22.8. The van der Waals surface area contributed by atoms with Crippen molar-refractivity contribution in [3.05, 3.63) is 95.7 Å². The summed E-state index contributed by atoms with van der Waals surface area (Å²) < 4.78 is 10.9. The van der Waals surface area contributed by atoms with Crippen LogP contribution in [0.5, 0.6) is 0 Å². The number of quaternary nitrogens is 1. The largest absolute Gasteiger partial charge is 0.394 e. The minimum Gasteiger partial charge on any atom is -0.394 e. The van der Waals surface area contributed by atoms with Crippen molar-refractivity contribution in [2.24, 2.45) is 5.73 Å². The van der Waals surface area contributed by atoms with Gasteiger partial charge in [-0.1, -0.05) is 68.5 Å². The lowest BCUT2D eigenvalue weighted by atomic mass is 9.80. The van der Waals surface area contributed by atoms with Gasteiger partial charge in [0.25, 0.3) is 0 Å². The number of amides is 5. The number of likely N-dealkylation sites (N-methyl/N-ethyl adjacent to an activating group) is 1. The van der Waals surface area contributed by atoms with Crippen LogP contribution < -0.4 is 36.8 Å². The van der Waals surface area contributed by atoms with Crippen LogP contribution >= 0.6 is 0 Å². The maximum absolute atomic E-state index is 13.0. The topological polar surface area (TPSA) is 246 Å². The number of nitrogens with zero attached hydrogens (tertiary/aromatic N) is 1. The van der Waals surface area contributed by atoms with E-state index in [9.17, 15) is 39.3 Å². The summed E-state index contributed by atoms with van der Waals surface area (Å²) in [7, 11) is 2.23. The van der Waals surface area contributed by atoms with Crippen molar-refractivity contribution >= 4 is 40.9 Å². The molecule has 2 aromatic carbocycles. The van der Waals surface area contributed by atoms with Gasteiger partial charge in [-0.15, -0.1) is 0 Å². The van der Waals surface area contributed by atoms with Gasteiger partial charge in [0.05, 0.1) is 19.1 Å². The van der Waals surface area contributed by atoms with Gasteiger partial charge in [0.1, 0.15) is 54.3 Å². The highest BCUT2D eigenvalue weighted by Crippen LogP contribution is 2.47. The van der Waals surface area contributed by atoms with Crippen LogP contribution in [0.1, 0.15) is 85.3 Å². The number of carbonyl (C=O) groups is 5. The van der Waals surface area contributed by atoms with E-state index in [0.29, 0.717) is 19.0 Å². The van der Waals surface area contributed by atoms with E-state index in [-0.39, 0.29) is 29.6 Å². The molecular weight excluding hydrogens is 847 g/mol.